The van der Waals surface area contributed by atoms with Crippen LogP contribution >= 0.6 is 0 Å². The van der Waals surface area contributed by atoms with Gasteiger partial charge in [0.2, 0.25) is 5.76 Å². The van der Waals surface area contributed by atoms with E-state index in [1.165, 1.54) is 25.3 Å². The molecule has 1 saturated carbocycles. The molecular formula is C13H20N2O3. The van der Waals surface area contributed by atoms with E-state index in [1.807, 2.05) is 11.9 Å². The molecule has 0 unspecified atom stereocenters. The van der Waals surface area contributed by atoms with E-state index in [9.17, 15) is 4.79 Å². The summed E-state index contributed by atoms with van der Waals surface area (Å²) in [7, 11) is 6.13. The highest BCUT2D eigenvalue weighted by Crippen LogP contribution is 2.37. The molecule has 1 N–H and O–H groups in total. The van der Waals surface area contributed by atoms with E-state index in [2.05, 4.69) is 19.0 Å². The molecule has 2 rings (SSSR count). The van der Waals surface area contributed by atoms with Crippen LogP contribution in [0.1, 0.15) is 29.8 Å². The van der Waals surface area contributed by atoms with Crippen LogP contribution in [0.15, 0.2) is 16.5 Å². The first-order valence-electron chi connectivity index (χ1n) is 6.16. The Hall–Kier alpha value is -1.49. The van der Waals surface area contributed by atoms with Crippen molar-refractivity contribution in [1.29, 1.82) is 0 Å². The molecule has 1 heterocycles. The lowest BCUT2D eigenvalue weighted by atomic mass is 9.75. The Morgan fingerprint density at radius 1 is 1.39 bits per heavy atom. The Kier molecular flexibility index (Phi) is 3.34. The summed E-state index contributed by atoms with van der Waals surface area (Å²) in [5.74, 6) is -0.425. The van der Waals surface area contributed by atoms with Crippen molar-refractivity contribution in [2.24, 2.45) is 0 Å². The number of hydrogen-bond donors (Lipinski definition) is 1. The highest BCUT2D eigenvalue weighted by atomic mass is 16.4. The minimum absolute atomic E-state index is 0.00985. The van der Waals surface area contributed by atoms with Crippen molar-refractivity contribution in [1.82, 2.24) is 4.90 Å². The second-order valence-electron chi connectivity index (χ2n) is 5.27. The van der Waals surface area contributed by atoms with Crippen molar-refractivity contribution in [2.45, 2.75) is 24.8 Å². The summed E-state index contributed by atoms with van der Waals surface area (Å²) in [6, 6.07) is 3.21. The lowest BCUT2D eigenvalue weighted by Gasteiger charge is -2.49. The van der Waals surface area contributed by atoms with Gasteiger partial charge in [0.15, 0.2) is 5.88 Å². The number of rotatable bonds is 5. The first kappa shape index (κ1) is 13.0. The molecule has 1 aliphatic rings. The Morgan fingerprint density at radius 2 is 2.06 bits per heavy atom. The number of carboxylic acid groups (broad SMARTS) is 1. The number of likely N-dealkylation sites (N-methyl/N-ethyl adjacent to an activating group) is 2. The fraction of sp³-hybridized carbons (Fsp3) is 0.615. The van der Waals surface area contributed by atoms with E-state index in [1.54, 1.807) is 6.07 Å². The molecule has 0 atom stereocenters. The molecule has 0 bridgehead atoms. The van der Waals surface area contributed by atoms with E-state index in [0.717, 1.165) is 6.54 Å². The van der Waals surface area contributed by atoms with Gasteiger partial charge in [0.1, 0.15) is 0 Å². The molecule has 0 aromatic carbocycles. The predicted molar refractivity (Wildman–Crippen MR) is 69.2 cm³/mol. The van der Waals surface area contributed by atoms with Crippen LogP contribution in [0.2, 0.25) is 0 Å². The van der Waals surface area contributed by atoms with Crippen molar-refractivity contribution >= 4 is 11.9 Å². The molecule has 5 nitrogen and oxygen atoms in total. The van der Waals surface area contributed by atoms with Crippen LogP contribution in [0.25, 0.3) is 0 Å². The fourth-order valence-electron chi connectivity index (χ4n) is 2.50. The summed E-state index contributed by atoms with van der Waals surface area (Å²) in [4.78, 5) is 15.0. The molecule has 100 valence electrons. The minimum Gasteiger partial charge on any atom is -0.475 e. The van der Waals surface area contributed by atoms with E-state index in [-0.39, 0.29) is 11.3 Å². The lowest BCUT2D eigenvalue weighted by Crippen LogP contribution is -2.56. The first-order valence-corrected chi connectivity index (χ1v) is 6.16. The number of hydrogen-bond acceptors (Lipinski definition) is 4. The second-order valence-corrected chi connectivity index (χ2v) is 5.27. The number of carbonyl (C=O) groups is 1. The van der Waals surface area contributed by atoms with E-state index in [0.29, 0.717) is 5.88 Å². The lowest BCUT2D eigenvalue weighted by molar-refractivity contribution is 0.0651. The topological polar surface area (TPSA) is 56.9 Å². The highest BCUT2D eigenvalue weighted by molar-refractivity contribution is 5.84. The Balaban J connectivity index is 2.06. The van der Waals surface area contributed by atoms with Crippen LogP contribution < -0.4 is 4.90 Å². The quantitative estimate of drug-likeness (QED) is 0.867. The molecule has 0 amide bonds. The molecular weight excluding hydrogens is 232 g/mol. The molecule has 0 saturated heterocycles. The van der Waals surface area contributed by atoms with Crippen molar-refractivity contribution in [3.05, 3.63) is 17.9 Å². The zero-order valence-electron chi connectivity index (χ0n) is 11.1. The van der Waals surface area contributed by atoms with Gasteiger partial charge in [-0.1, -0.05) is 0 Å². The van der Waals surface area contributed by atoms with Crippen molar-refractivity contribution in [2.75, 3.05) is 32.6 Å². The summed E-state index contributed by atoms with van der Waals surface area (Å²) in [6.45, 7) is 0.854. The standard InChI is InChI=1S/C13H20N2O3/c1-14(2)13(7-4-8-13)9-15(3)11-6-5-10(18-11)12(16)17/h5-6H,4,7-9H2,1-3H3,(H,16,17). The fourth-order valence-corrected chi connectivity index (χ4v) is 2.50. The number of furan rings is 1. The summed E-state index contributed by atoms with van der Waals surface area (Å²) in [6.07, 6.45) is 3.61. The normalized spacial score (nSPS) is 17.6. The third kappa shape index (κ3) is 2.22. The molecule has 5 heteroatoms. The number of anilines is 1. The van der Waals surface area contributed by atoms with Crippen molar-refractivity contribution < 1.29 is 14.3 Å². The SMILES string of the molecule is CN(CC1(N(C)C)CCC1)c1ccc(C(=O)O)o1. The maximum Gasteiger partial charge on any atom is 0.371 e. The van der Waals surface area contributed by atoms with E-state index >= 15 is 0 Å². The van der Waals surface area contributed by atoms with Crippen LogP contribution in [-0.2, 0) is 0 Å². The van der Waals surface area contributed by atoms with Gasteiger partial charge < -0.3 is 19.3 Å². The zero-order chi connectivity index (χ0) is 13.3. The molecule has 1 aromatic heterocycles. The van der Waals surface area contributed by atoms with Gasteiger partial charge in [-0.2, -0.15) is 0 Å². The van der Waals surface area contributed by atoms with Gasteiger partial charge in [0.25, 0.3) is 0 Å². The second kappa shape index (κ2) is 4.65. The molecule has 1 aliphatic carbocycles. The van der Waals surface area contributed by atoms with Gasteiger partial charge >= 0.3 is 5.97 Å². The number of nitrogens with zero attached hydrogens (tertiary/aromatic N) is 2. The summed E-state index contributed by atoms with van der Waals surface area (Å²) in [5.41, 5.74) is 0.199. The van der Waals surface area contributed by atoms with Gasteiger partial charge in [-0.05, 0) is 39.4 Å². The number of carboxylic acids is 1. The van der Waals surface area contributed by atoms with Gasteiger partial charge in [-0.3, -0.25) is 0 Å². The van der Waals surface area contributed by atoms with E-state index < -0.39 is 5.97 Å². The molecule has 0 radical (unpaired) electrons. The largest absolute Gasteiger partial charge is 0.475 e. The number of aromatic carboxylic acids is 1. The Morgan fingerprint density at radius 3 is 2.44 bits per heavy atom. The highest BCUT2D eigenvalue weighted by Gasteiger charge is 2.40. The van der Waals surface area contributed by atoms with Crippen LogP contribution in [0, 0.1) is 0 Å². The zero-order valence-corrected chi connectivity index (χ0v) is 11.1. The smallest absolute Gasteiger partial charge is 0.371 e. The third-order valence-electron chi connectivity index (χ3n) is 3.94. The van der Waals surface area contributed by atoms with Crippen molar-refractivity contribution in [3.8, 4) is 0 Å². The predicted octanol–water partition coefficient (Wildman–Crippen LogP) is 1.90. The molecule has 1 aromatic rings. The van der Waals surface area contributed by atoms with Gasteiger partial charge in [0.05, 0.1) is 0 Å². The van der Waals surface area contributed by atoms with Gasteiger partial charge in [0, 0.05) is 25.2 Å². The summed E-state index contributed by atoms with van der Waals surface area (Å²) in [5, 5.41) is 8.84. The average molecular weight is 252 g/mol. The van der Waals surface area contributed by atoms with Crippen molar-refractivity contribution in [3.63, 3.8) is 0 Å². The Bertz CT molecular complexity index is 435. The monoisotopic (exact) mass is 252 g/mol. The maximum atomic E-state index is 10.8. The van der Waals surface area contributed by atoms with Crippen LogP contribution in [0.3, 0.4) is 0 Å². The minimum atomic E-state index is -1.03. The molecule has 18 heavy (non-hydrogen) atoms. The molecule has 0 aliphatic heterocycles. The van der Waals surface area contributed by atoms with Crippen LogP contribution in [0.4, 0.5) is 5.88 Å². The van der Waals surface area contributed by atoms with E-state index in [4.69, 9.17) is 9.52 Å². The molecule has 1 fully saturated rings. The van der Waals surface area contributed by atoms with Gasteiger partial charge in [-0.15, -0.1) is 0 Å². The van der Waals surface area contributed by atoms with Gasteiger partial charge in [-0.25, -0.2) is 4.79 Å². The van der Waals surface area contributed by atoms with Crippen LogP contribution in [0.5, 0.6) is 0 Å². The first-order chi connectivity index (χ1) is 8.44. The average Bonchev–Trinajstić information content (AvgIpc) is 2.71. The third-order valence-corrected chi connectivity index (χ3v) is 3.94. The van der Waals surface area contributed by atoms with Crippen LogP contribution in [-0.4, -0.2) is 49.2 Å². The maximum absolute atomic E-state index is 10.8. The molecule has 0 spiro atoms. The Labute approximate surface area is 107 Å². The summed E-state index contributed by atoms with van der Waals surface area (Å²) >= 11 is 0. The summed E-state index contributed by atoms with van der Waals surface area (Å²) < 4.78 is 5.31.